The van der Waals surface area contributed by atoms with Gasteiger partial charge in [0.05, 0.1) is 19.3 Å². The number of carboxylic acid groups (broad SMARTS) is 1. The molecular formula is C10H18N2O5. The van der Waals surface area contributed by atoms with E-state index in [9.17, 15) is 9.59 Å². The summed E-state index contributed by atoms with van der Waals surface area (Å²) < 4.78 is 9.89. The zero-order chi connectivity index (χ0) is 12.9. The number of carboxylic acids is 1. The molecule has 1 heterocycles. The molecule has 1 saturated heterocycles. The van der Waals surface area contributed by atoms with Crippen LogP contribution < -0.4 is 10.6 Å². The number of carbonyl (C=O) groups excluding carboxylic acids is 1. The number of methoxy groups -OCH3 is 1. The first kappa shape index (κ1) is 13.7. The first-order valence-corrected chi connectivity index (χ1v) is 5.39. The third kappa shape index (κ3) is 3.57. The predicted molar refractivity (Wildman–Crippen MR) is 58.8 cm³/mol. The molecule has 0 aliphatic carbocycles. The van der Waals surface area contributed by atoms with Crippen molar-refractivity contribution in [1.82, 2.24) is 10.6 Å². The maximum atomic E-state index is 11.6. The molecular weight excluding hydrogens is 228 g/mol. The summed E-state index contributed by atoms with van der Waals surface area (Å²) >= 11 is 0. The first-order valence-electron chi connectivity index (χ1n) is 5.39. The van der Waals surface area contributed by atoms with Crippen molar-refractivity contribution in [2.75, 3.05) is 26.9 Å². The number of hydrogen-bond donors (Lipinski definition) is 3. The normalized spacial score (nSPS) is 25.3. The van der Waals surface area contributed by atoms with Crippen molar-refractivity contribution in [3.8, 4) is 0 Å². The van der Waals surface area contributed by atoms with Crippen LogP contribution in [0, 0.1) is 0 Å². The number of aliphatic carboxylic acids is 1. The zero-order valence-electron chi connectivity index (χ0n) is 9.99. The van der Waals surface area contributed by atoms with Crippen molar-refractivity contribution in [2.24, 2.45) is 0 Å². The standard InChI is InChI=1S/C10H18N2O5/c1-7(5-16-2)11-9(15)12-10(8(13)14)3-4-17-6-10/h7H,3-6H2,1-2H3,(H,13,14)(H2,11,12,15). The zero-order valence-corrected chi connectivity index (χ0v) is 9.99. The summed E-state index contributed by atoms with van der Waals surface area (Å²) in [5, 5.41) is 14.1. The lowest BCUT2D eigenvalue weighted by Crippen LogP contribution is -2.59. The van der Waals surface area contributed by atoms with E-state index in [1.807, 2.05) is 0 Å². The van der Waals surface area contributed by atoms with Gasteiger partial charge < -0.3 is 25.2 Å². The fourth-order valence-electron chi connectivity index (χ4n) is 1.65. The Balaban J connectivity index is 2.51. The molecule has 0 aromatic rings. The molecule has 98 valence electrons. The Bertz CT molecular complexity index is 288. The second-order valence-corrected chi connectivity index (χ2v) is 4.14. The molecule has 7 nitrogen and oxygen atoms in total. The van der Waals surface area contributed by atoms with Crippen molar-refractivity contribution in [2.45, 2.75) is 24.9 Å². The maximum Gasteiger partial charge on any atom is 0.332 e. The van der Waals surface area contributed by atoms with Crippen molar-refractivity contribution in [3.05, 3.63) is 0 Å². The highest BCUT2D eigenvalue weighted by molar-refractivity contribution is 5.86. The molecule has 1 aliphatic heterocycles. The van der Waals surface area contributed by atoms with Gasteiger partial charge >= 0.3 is 12.0 Å². The fourth-order valence-corrected chi connectivity index (χ4v) is 1.65. The van der Waals surface area contributed by atoms with Gasteiger partial charge in [-0.2, -0.15) is 0 Å². The first-order chi connectivity index (χ1) is 8.00. The number of nitrogens with one attached hydrogen (secondary N) is 2. The lowest BCUT2D eigenvalue weighted by Gasteiger charge is -2.25. The van der Waals surface area contributed by atoms with E-state index >= 15 is 0 Å². The van der Waals surface area contributed by atoms with E-state index in [-0.39, 0.29) is 19.1 Å². The van der Waals surface area contributed by atoms with Crippen molar-refractivity contribution in [3.63, 3.8) is 0 Å². The molecule has 2 unspecified atom stereocenters. The largest absolute Gasteiger partial charge is 0.479 e. The van der Waals surface area contributed by atoms with Gasteiger partial charge in [0.15, 0.2) is 5.54 Å². The summed E-state index contributed by atoms with van der Waals surface area (Å²) in [6.07, 6.45) is 0.272. The Morgan fingerprint density at radius 2 is 2.29 bits per heavy atom. The van der Waals surface area contributed by atoms with E-state index < -0.39 is 17.5 Å². The number of rotatable bonds is 5. The fraction of sp³-hybridized carbons (Fsp3) is 0.800. The summed E-state index contributed by atoms with van der Waals surface area (Å²) in [6.45, 7) is 2.46. The molecule has 0 bridgehead atoms. The molecule has 0 radical (unpaired) electrons. The lowest BCUT2D eigenvalue weighted by molar-refractivity contribution is -0.144. The second kappa shape index (κ2) is 5.83. The number of carbonyl (C=O) groups is 2. The molecule has 0 spiro atoms. The molecule has 7 heteroatoms. The van der Waals surface area contributed by atoms with E-state index in [4.69, 9.17) is 14.6 Å². The highest BCUT2D eigenvalue weighted by atomic mass is 16.5. The van der Waals surface area contributed by atoms with Gasteiger partial charge in [-0.3, -0.25) is 0 Å². The maximum absolute atomic E-state index is 11.6. The highest BCUT2D eigenvalue weighted by Crippen LogP contribution is 2.18. The minimum absolute atomic E-state index is 0.00554. The number of ether oxygens (including phenoxy) is 2. The molecule has 1 aliphatic rings. The van der Waals surface area contributed by atoms with E-state index in [1.54, 1.807) is 6.92 Å². The third-order valence-electron chi connectivity index (χ3n) is 2.58. The molecule has 3 N–H and O–H groups in total. The molecule has 1 fully saturated rings. The van der Waals surface area contributed by atoms with Crippen LogP contribution in [0.2, 0.25) is 0 Å². The molecule has 17 heavy (non-hydrogen) atoms. The van der Waals surface area contributed by atoms with Crippen LogP contribution in [-0.2, 0) is 14.3 Å². The Labute approximate surface area is 99.5 Å². The summed E-state index contributed by atoms with van der Waals surface area (Å²) in [5.74, 6) is -1.08. The van der Waals surface area contributed by atoms with E-state index in [2.05, 4.69) is 10.6 Å². The van der Waals surface area contributed by atoms with E-state index in [0.717, 1.165) is 0 Å². The Hall–Kier alpha value is -1.34. The van der Waals surface area contributed by atoms with Crippen LogP contribution >= 0.6 is 0 Å². The SMILES string of the molecule is COCC(C)NC(=O)NC1(C(=O)O)CCOC1. The Kier molecular flexibility index (Phi) is 4.71. The molecule has 0 aromatic heterocycles. The highest BCUT2D eigenvalue weighted by Gasteiger charge is 2.44. The number of amides is 2. The van der Waals surface area contributed by atoms with Gasteiger partial charge in [-0.15, -0.1) is 0 Å². The molecule has 2 amide bonds. The minimum Gasteiger partial charge on any atom is -0.479 e. The van der Waals surface area contributed by atoms with Crippen LogP contribution in [0.3, 0.4) is 0 Å². The topological polar surface area (TPSA) is 96.9 Å². The Morgan fingerprint density at radius 1 is 1.59 bits per heavy atom. The summed E-state index contributed by atoms with van der Waals surface area (Å²) in [4.78, 5) is 22.7. The van der Waals surface area contributed by atoms with Crippen LogP contribution in [0.5, 0.6) is 0 Å². The van der Waals surface area contributed by atoms with Gasteiger partial charge in [-0.1, -0.05) is 0 Å². The second-order valence-electron chi connectivity index (χ2n) is 4.14. The van der Waals surface area contributed by atoms with Crippen LogP contribution in [0.15, 0.2) is 0 Å². The predicted octanol–water partition coefficient (Wildman–Crippen LogP) is -0.436. The van der Waals surface area contributed by atoms with Crippen LogP contribution in [0.25, 0.3) is 0 Å². The quantitative estimate of drug-likeness (QED) is 0.611. The minimum atomic E-state index is -1.31. The van der Waals surface area contributed by atoms with Gasteiger partial charge in [0, 0.05) is 20.1 Å². The summed E-state index contributed by atoms with van der Waals surface area (Å²) in [7, 11) is 1.53. The van der Waals surface area contributed by atoms with Gasteiger partial charge in [0.1, 0.15) is 0 Å². The van der Waals surface area contributed by atoms with Gasteiger partial charge in [-0.05, 0) is 6.92 Å². The number of urea groups is 1. The van der Waals surface area contributed by atoms with Crippen molar-refractivity contribution in [1.29, 1.82) is 0 Å². The van der Waals surface area contributed by atoms with Crippen LogP contribution in [0.1, 0.15) is 13.3 Å². The monoisotopic (exact) mass is 246 g/mol. The Morgan fingerprint density at radius 3 is 2.76 bits per heavy atom. The lowest BCUT2D eigenvalue weighted by atomic mass is 9.99. The summed E-state index contributed by atoms with van der Waals surface area (Å²) in [6, 6.07) is -0.712. The van der Waals surface area contributed by atoms with Gasteiger partial charge in [0.25, 0.3) is 0 Å². The van der Waals surface area contributed by atoms with Crippen molar-refractivity contribution >= 4 is 12.0 Å². The number of hydrogen-bond acceptors (Lipinski definition) is 4. The molecule has 0 saturated carbocycles. The van der Waals surface area contributed by atoms with Crippen molar-refractivity contribution < 1.29 is 24.2 Å². The third-order valence-corrected chi connectivity index (χ3v) is 2.58. The van der Waals surface area contributed by atoms with Gasteiger partial charge in [-0.25, -0.2) is 9.59 Å². The molecule has 1 rings (SSSR count). The van der Waals surface area contributed by atoms with E-state index in [1.165, 1.54) is 7.11 Å². The van der Waals surface area contributed by atoms with E-state index in [0.29, 0.717) is 13.2 Å². The average Bonchev–Trinajstić information content (AvgIpc) is 2.67. The molecule has 0 aromatic carbocycles. The average molecular weight is 246 g/mol. The molecule has 2 atom stereocenters. The smallest absolute Gasteiger partial charge is 0.332 e. The van der Waals surface area contributed by atoms with Gasteiger partial charge in [0.2, 0.25) is 0 Å². The van der Waals surface area contributed by atoms with Crippen LogP contribution in [0.4, 0.5) is 4.79 Å². The van der Waals surface area contributed by atoms with Crippen LogP contribution in [-0.4, -0.2) is 55.6 Å². The summed E-state index contributed by atoms with van der Waals surface area (Å²) in [5.41, 5.74) is -1.31.